The number of piperidine rings is 1. The van der Waals surface area contributed by atoms with Crippen LogP contribution in [0, 0.1) is 5.41 Å². The van der Waals surface area contributed by atoms with Gasteiger partial charge in [0.25, 0.3) is 0 Å². The van der Waals surface area contributed by atoms with Gasteiger partial charge in [-0.15, -0.1) is 0 Å². The molecule has 1 heterocycles. The van der Waals surface area contributed by atoms with Crippen molar-refractivity contribution in [3.63, 3.8) is 0 Å². The third-order valence-corrected chi connectivity index (χ3v) is 5.74. The molecule has 6 nitrogen and oxygen atoms in total. The highest BCUT2D eigenvalue weighted by Gasteiger charge is 2.39. The molecule has 3 rings (SSSR count). The quantitative estimate of drug-likeness (QED) is 0.730. The maximum Gasteiger partial charge on any atom is 0.228 e. The molecule has 1 aliphatic carbocycles. The van der Waals surface area contributed by atoms with Crippen molar-refractivity contribution in [2.45, 2.75) is 51.2 Å². The second-order valence-electron chi connectivity index (χ2n) is 7.66. The van der Waals surface area contributed by atoms with Crippen LogP contribution in [0.4, 0.5) is 0 Å². The van der Waals surface area contributed by atoms with E-state index >= 15 is 0 Å². The van der Waals surface area contributed by atoms with E-state index in [1.54, 1.807) is 14.2 Å². The van der Waals surface area contributed by atoms with Crippen LogP contribution in [-0.4, -0.2) is 45.9 Å². The third kappa shape index (κ3) is 4.93. The van der Waals surface area contributed by atoms with Gasteiger partial charge in [-0.25, -0.2) is 0 Å². The topological polar surface area (TPSA) is 68.8 Å². The summed E-state index contributed by atoms with van der Waals surface area (Å²) >= 11 is 0. The molecule has 27 heavy (non-hydrogen) atoms. The third-order valence-electron chi connectivity index (χ3n) is 5.74. The van der Waals surface area contributed by atoms with Gasteiger partial charge in [-0.1, -0.05) is 6.07 Å². The zero-order chi connectivity index (χ0) is 19.1. The van der Waals surface area contributed by atoms with E-state index in [9.17, 15) is 4.79 Å². The van der Waals surface area contributed by atoms with Gasteiger partial charge in [0.05, 0.1) is 25.2 Å². The molecule has 1 aromatic carbocycles. The lowest BCUT2D eigenvalue weighted by atomic mass is 9.78. The first-order valence-corrected chi connectivity index (χ1v) is 9.98. The summed E-state index contributed by atoms with van der Waals surface area (Å²) in [4.78, 5) is 12.9. The van der Waals surface area contributed by atoms with Crippen LogP contribution in [0.1, 0.15) is 44.1 Å². The molecule has 6 heteroatoms. The number of nitrogens with one attached hydrogen (secondary N) is 2. The van der Waals surface area contributed by atoms with Crippen LogP contribution in [-0.2, 0) is 16.1 Å². The fourth-order valence-corrected chi connectivity index (χ4v) is 4.10. The molecule has 0 spiro atoms. The Labute approximate surface area is 161 Å². The number of amides is 1. The minimum atomic E-state index is -0.435. The second-order valence-corrected chi connectivity index (χ2v) is 7.66. The molecule has 1 saturated carbocycles. The van der Waals surface area contributed by atoms with Crippen LogP contribution in [0.25, 0.3) is 0 Å². The zero-order valence-electron chi connectivity index (χ0n) is 16.5. The Morgan fingerprint density at radius 1 is 1.19 bits per heavy atom. The van der Waals surface area contributed by atoms with Crippen molar-refractivity contribution in [3.8, 4) is 11.5 Å². The number of methoxy groups -OCH3 is 2. The van der Waals surface area contributed by atoms with Crippen LogP contribution >= 0.6 is 0 Å². The Hall–Kier alpha value is -1.79. The van der Waals surface area contributed by atoms with Gasteiger partial charge in [0, 0.05) is 13.7 Å². The van der Waals surface area contributed by atoms with Gasteiger partial charge < -0.3 is 24.8 Å². The molecule has 1 aliphatic heterocycles. The van der Waals surface area contributed by atoms with E-state index in [4.69, 9.17) is 14.2 Å². The Kier molecular flexibility index (Phi) is 6.96. The van der Waals surface area contributed by atoms with E-state index in [1.807, 2.05) is 18.2 Å². The normalized spacial score (nSPS) is 19.6. The Morgan fingerprint density at radius 2 is 1.93 bits per heavy atom. The highest BCUT2D eigenvalue weighted by molar-refractivity contribution is 5.83. The predicted molar refractivity (Wildman–Crippen MR) is 104 cm³/mol. The van der Waals surface area contributed by atoms with Gasteiger partial charge in [-0.05, 0) is 69.3 Å². The summed E-state index contributed by atoms with van der Waals surface area (Å²) in [6.07, 6.45) is 6.49. The molecule has 1 saturated heterocycles. The average Bonchev–Trinajstić information content (AvgIpc) is 3.20. The van der Waals surface area contributed by atoms with Crippen molar-refractivity contribution in [1.29, 1.82) is 0 Å². The van der Waals surface area contributed by atoms with Gasteiger partial charge in [-0.3, -0.25) is 4.79 Å². The number of carbonyl (C=O) groups excluding carboxylic acids is 1. The Bertz CT molecular complexity index is 617. The van der Waals surface area contributed by atoms with Gasteiger partial charge in [0.2, 0.25) is 5.91 Å². The molecular formula is C21H32N2O4. The SMILES string of the molecule is COCC1(C(=O)NCc2ccc(OC)c(OC3CCCC3)c2)CCNCC1. The first-order valence-electron chi connectivity index (χ1n) is 9.98. The molecule has 0 atom stereocenters. The number of benzene rings is 1. The Balaban J connectivity index is 1.64. The first-order chi connectivity index (χ1) is 13.2. The number of hydrogen-bond acceptors (Lipinski definition) is 5. The van der Waals surface area contributed by atoms with Crippen molar-refractivity contribution < 1.29 is 19.0 Å². The van der Waals surface area contributed by atoms with Gasteiger partial charge in [-0.2, -0.15) is 0 Å². The van der Waals surface area contributed by atoms with E-state index in [0.29, 0.717) is 13.2 Å². The van der Waals surface area contributed by atoms with E-state index < -0.39 is 5.41 Å². The van der Waals surface area contributed by atoms with Crippen molar-refractivity contribution in [1.82, 2.24) is 10.6 Å². The van der Waals surface area contributed by atoms with Crippen LogP contribution in [0.15, 0.2) is 18.2 Å². The molecule has 2 fully saturated rings. The monoisotopic (exact) mass is 376 g/mol. The summed E-state index contributed by atoms with van der Waals surface area (Å²) in [5, 5.41) is 6.42. The second kappa shape index (κ2) is 9.42. The smallest absolute Gasteiger partial charge is 0.228 e. The molecule has 0 aromatic heterocycles. The predicted octanol–water partition coefficient (Wildman–Crippen LogP) is 2.65. The molecule has 0 unspecified atom stereocenters. The molecular weight excluding hydrogens is 344 g/mol. The van der Waals surface area contributed by atoms with E-state index in [0.717, 1.165) is 55.8 Å². The highest BCUT2D eigenvalue weighted by atomic mass is 16.5. The fourth-order valence-electron chi connectivity index (χ4n) is 4.10. The molecule has 150 valence electrons. The van der Waals surface area contributed by atoms with Crippen molar-refractivity contribution in [2.24, 2.45) is 5.41 Å². The van der Waals surface area contributed by atoms with Gasteiger partial charge in [0.1, 0.15) is 0 Å². The summed E-state index contributed by atoms with van der Waals surface area (Å²) in [7, 11) is 3.32. The number of ether oxygens (including phenoxy) is 3. The highest BCUT2D eigenvalue weighted by Crippen LogP contribution is 2.33. The minimum Gasteiger partial charge on any atom is -0.493 e. The fraction of sp³-hybridized carbons (Fsp3) is 0.667. The van der Waals surface area contributed by atoms with Crippen LogP contribution < -0.4 is 20.1 Å². The lowest BCUT2D eigenvalue weighted by Crippen LogP contribution is -2.49. The minimum absolute atomic E-state index is 0.0694. The van der Waals surface area contributed by atoms with E-state index in [2.05, 4.69) is 10.6 Å². The lowest BCUT2D eigenvalue weighted by molar-refractivity contribution is -0.136. The standard InChI is InChI=1S/C21H32N2O4/c1-25-15-21(9-11-22-12-10-21)20(24)23-14-16-7-8-18(26-2)19(13-16)27-17-5-3-4-6-17/h7-8,13,17,22H,3-6,9-12,14-15H2,1-2H3,(H,23,24). The maximum atomic E-state index is 12.9. The molecule has 0 radical (unpaired) electrons. The van der Waals surface area contributed by atoms with E-state index in [-0.39, 0.29) is 12.0 Å². The molecule has 1 amide bonds. The summed E-state index contributed by atoms with van der Waals surface area (Å²) < 4.78 is 17.0. The van der Waals surface area contributed by atoms with Crippen LogP contribution in [0.3, 0.4) is 0 Å². The van der Waals surface area contributed by atoms with E-state index in [1.165, 1.54) is 12.8 Å². The maximum absolute atomic E-state index is 12.9. The number of hydrogen-bond donors (Lipinski definition) is 2. The summed E-state index contributed by atoms with van der Waals surface area (Å²) in [5.41, 5.74) is 0.578. The number of carbonyl (C=O) groups is 1. The molecule has 2 N–H and O–H groups in total. The summed E-state index contributed by atoms with van der Waals surface area (Å²) in [6.45, 7) is 2.62. The van der Waals surface area contributed by atoms with Crippen molar-refractivity contribution in [3.05, 3.63) is 23.8 Å². The van der Waals surface area contributed by atoms with Crippen molar-refractivity contribution in [2.75, 3.05) is 33.9 Å². The Morgan fingerprint density at radius 3 is 2.59 bits per heavy atom. The lowest BCUT2D eigenvalue weighted by Gasteiger charge is -2.35. The van der Waals surface area contributed by atoms with Crippen molar-refractivity contribution >= 4 is 5.91 Å². The van der Waals surface area contributed by atoms with Crippen LogP contribution in [0.2, 0.25) is 0 Å². The average molecular weight is 376 g/mol. The molecule has 0 bridgehead atoms. The van der Waals surface area contributed by atoms with Crippen LogP contribution in [0.5, 0.6) is 11.5 Å². The summed E-state index contributed by atoms with van der Waals surface area (Å²) in [6, 6.07) is 5.89. The largest absolute Gasteiger partial charge is 0.493 e. The molecule has 2 aliphatic rings. The van der Waals surface area contributed by atoms with Gasteiger partial charge in [0.15, 0.2) is 11.5 Å². The zero-order valence-corrected chi connectivity index (χ0v) is 16.5. The molecule has 1 aromatic rings. The van der Waals surface area contributed by atoms with Gasteiger partial charge >= 0.3 is 0 Å². The first kappa shape index (κ1) is 20.0. The summed E-state index contributed by atoms with van der Waals surface area (Å²) in [5.74, 6) is 1.58. The number of rotatable bonds is 8.